The summed E-state index contributed by atoms with van der Waals surface area (Å²) in [6.07, 6.45) is 2.19. The highest BCUT2D eigenvalue weighted by Crippen LogP contribution is 2.20. The van der Waals surface area contributed by atoms with E-state index in [1.165, 1.54) is 15.2 Å². The van der Waals surface area contributed by atoms with Crippen molar-refractivity contribution in [3.8, 4) is 0 Å². The summed E-state index contributed by atoms with van der Waals surface area (Å²) in [6, 6.07) is 0. The number of nitrogen functional groups attached to an aromatic ring is 1. The van der Waals surface area contributed by atoms with E-state index in [9.17, 15) is 8.42 Å². The molecule has 0 saturated heterocycles. The quantitative estimate of drug-likeness (QED) is 0.761. The van der Waals surface area contributed by atoms with Crippen LogP contribution in [0.15, 0.2) is 11.4 Å². The average Bonchev–Trinajstić information content (AvgIpc) is 2.64. The second kappa shape index (κ2) is 6.36. The minimum absolute atomic E-state index is 0.0496. The summed E-state index contributed by atoms with van der Waals surface area (Å²) in [5.74, 6) is 0.0496. The van der Waals surface area contributed by atoms with Gasteiger partial charge in [-0.05, 0) is 27.1 Å². The Labute approximate surface area is 115 Å². The highest BCUT2D eigenvalue weighted by Gasteiger charge is 2.28. The summed E-state index contributed by atoms with van der Waals surface area (Å²) in [6.45, 7) is 3.55. The Balaban J connectivity index is 2.91. The van der Waals surface area contributed by atoms with E-state index in [-0.39, 0.29) is 10.8 Å². The van der Waals surface area contributed by atoms with Crippen LogP contribution in [0.3, 0.4) is 0 Å². The SMILES string of the molecule is CCN(CCCN(C)C)S(=O)(=O)c1c(N)ncn1C. The predicted octanol–water partition coefficient (Wildman–Crippen LogP) is -0.0354. The van der Waals surface area contributed by atoms with Crippen LogP contribution in [0.2, 0.25) is 0 Å². The average molecular weight is 289 g/mol. The van der Waals surface area contributed by atoms with Gasteiger partial charge < -0.3 is 15.2 Å². The third-order valence-corrected chi connectivity index (χ3v) is 4.97. The Morgan fingerprint density at radius 2 is 2.00 bits per heavy atom. The first-order valence-corrected chi connectivity index (χ1v) is 7.66. The molecule has 0 spiro atoms. The molecule has 110 valence electrons. The third kappa shape index (κ3) is 3.68. The van der Waals surface area contributed by atoms with E-state index in [2.05, 4.69) is 4.98 Å². The molecule has 7 nitrogen and oxygen atoms in total. The van der Waals surface area contributed by atoms with Gasteiger partial charge in [-0.1, -0.05) is 6.92 Å². The lowest BCUT2D eigenvalue weighted by Gasteiger charge is -2.21. The van der Waals surface area contributed by atoms with Crippen molar-refractivity contribution < 1.29 is 8.42 Å². The van der Waals surface area contributed by atoms with Gasteiger partial charge in [0, 0.05) is 20.1 Å². The number of nitrogens with zero attached hydrogens (tertiary/aromatic N) is 4. The molecule has 0 fully saturated rings. The van der Waals surface area contributed by atoms with Crippen molar-refractivity contribution in [2.75, 3.05) is 39.5 Å². The Morgan fingerprint density at radius 1 is 1.37 bits per heavy atom. The maximum atomic E-state index is 12.5. The topological polar surface area (TPSA) is 84.5 Å². The zero-order chi connectivity index (χ0) is 14.6. The molecule has 0 amide bonds. The van der Waals surface area contributed by atoms with Crippen LogP contribution in [0.4, 0.5) is 5.82 Å². The Kier molecular flexibility index (Phi) is 5.33. The van der Waals surface area contributed by atoms with Gasteiger partial charge in [-0.25, -0.2) is 13.4 Å². The second-order valence-electron chi connectivity index (χ2n) is 4.70. The molecular formula is C11H23N5O2S. The van der Waals surface area contributed by atoms with Gasteiger partial charge >= 0.3 is 0 Å². The van der Waals surface area contributed by atoms with Crippen molar-refractivity contribution >= 4 is 15.8 Å². The summed E-state index contributed by atoms with van der Waals surface area (Å²) in [5, 5.41) is 0.0687. The molecule has 0 aliphatic rings. The first kappa shape index (κ1) is 15.9. The van der Waals surface area contributed by atoms with Crippen molar-refractivity contribution in [1.82, 2.24) is 18.8 Å². The van der Waals surface area contributed by atoms with Gasteiger partial charge in [-0.3, -0.25) is 0 Å². The lowest BCUT2D eigenvalue weighted by Crippen LogP contribution is -2.34. The molecule has 0 aromatic carbocycles. The number of hydrogen-bond donors (Lipinski definition) is 1. The van der Waals surface area contributed by atoms with Crippen LogP contribution in [0, 0.1) is 0 Å². The Morgan fingerprint density at radius 3 is 2.42 bits per heavy atom. The second-order valence-corrected chi connectivity index (χ2v) is 6.55. The van der Waals surface area contributed by atoms with Gasteiger partial charge in [0.2, 0.25) is 0 Å². The molecule has 0 aliphatic carbocycles. The maximum absolute atomic E-state index is 12.5. The predicted molar refractivity (Wildman–Crippen MR) is 75.2 cm³/mol. The molecule has 1 aromatic heterocycles. The number of hydrogen-bond acceptors (Lipinski definition) is 5. The van der Waals surface area contributed by atoms with Crippen LogP contribution in [0.1, 0.15) is 13.3 Å². The number of imidazole rings is 1. The van der Waals surface area contributed by atoms with Crippen molar-refractivity contribution in [3.63, 3.8) is 0 Å². The molecule has 19 heavy (non-hydrogen) atoms. The summed E-state index contributed by atoms with van der Waals surface area (Å²) in [7, 11) is 1.98. The van der Waals surface area contributed by atoms with Gasteiger partial charge in [-0.15, -0.1) is 0 Å². The van der Waals surface area contributed by atoms with Gasteiger partial charge in [-0.2, -0.15) is 4.31 Å². The molecule has 0 unspecified atom stereocenters. The zero-order valence-electron chi connectivity index (χ0n) is 12.0. The van der Waals surface area contributed by atoms with E-state index in [0.717, 1.165) is 13.0 Å². The van der Waals surface area contributed by atoms with Gasteiger partial charge in [0.05, 0.1) is 6.33 Å². The van der Waals surface area contributed by atoms with Gasteiger partial charge in [0.15, 0.2) is 10.8 Å². The van der Waals surface area contributed by atoms with Gasteiger partial charge in [0.1, 0.15) is 0 Å². The largest absolute Gasteiger partial charge is 0.381 e. The first-order valence-electron chi connectivity index (χ1n) is 6.22. The monoisotopic (exact) mass is 289 g/mol. The fraction of sp³-hybridized carbons (Fsp3) is 0.727. The normalized spacial score (nSPS) is 12.5. The molecule has 0 aliphatic heterocycles. The molecule has 1 heterocycles. The van der Waals surface area contributed by atoms with Crippen molar-refractivity contribution in [3.05, 3.63) is 6.33 Å². The van der Waals surface area contributed by atoms with Crippen LogP contribution in [0.25, 0.3) is 0 Å². The molecule has 1 rings (SSSR count). The van der Waals surface area contributed by atoms with E-state index in [1.807, 2.05) is 25.9 Å². The number of rotatable bonds is 7. The number of aromatic nitrogens is 2. The molecule has 1 aromatic rings. The zero-order valence-corrected chi connectivity index (χ0v) is 12.8. The summed E-state index contributed by atoms with van der Waals surface area (Å²) >= 11 is 0. The molecule has 2 N–H and O–H groups in total. The van der Waals surface area contributed by atoms with Crippen LogP contribution in [0.5, 0.6) is 0 Å². The Hall–Kier alpha value is -1.12. The fourth-order valence-corrected chi connectivity index (χ4v) is 3.57. The van der Waals surface area contributed by atoms with Crippen LogP contribution in [-0.2, 0) is 17.1 Å². The fourth-order valence-electron chi connectivity index (χ4n) is 1.89. The van der Waals surface area contributed by atoms with Crippen LogP contribution >= 0.6 is 0 Å². The smallest absolute Gasteiger partial charge is 0.262 e. The van der Waals surface area contributed by atoms with E-state index in [0.29, 0.717) is 13.1 Å². The first-order chi connectivity index (χ1) is 8.80. The molecule has 0 saturated carbocycles. The number of aryl methyl sites for hydroxylation is 1. The van der Waals surface area contributed by atoms with Crippen LogP contribution in [-0.4, -0.2) is 60.9 Å². The molecular weight excluding hydrogens is 266 g/mol. The number of nitrogens with two attached hydrogens (primary N) is 1. The van der Waals surface area contributed by atoms with E-state index >= 15 is 0 Å². The molecule has 8 heteroatoms. The molecule has 0 radical (unpaired) electrons. The summed E-state index contributed by atoms with van der Waals surface area (Å²) in [5.41, 5.74) is 5.65. The summed E-state index contributed by atoms with van der Waals surface area (Å²) < 4.78 is 27.9. The van der Waals surface area contributed by atoms with Crippen molar-refractivity contribution in [2.24, 2.45) is 7.05 Å². The highest BCUT2D eigenvalue weighted by atomic mass is 32.2. The minimum Gasteiger partial charge on any atom is -0.381 e. The minimum atomic E-state index is -3.58. The third-order valence-electron chi connectivity index (χ3n) is 2.86. The lowest BCUT2D eigenvalue weighted by molar-refractivity contribution is 0.355. The Bertz CT molecular complexity index is 490. The van der Waals surface area contributed by atoms with E-state index < -0.39 is 10.0 Å². The number of sulfonamides is 1. The van der Waals surface area contributed by atoms with Crippen LogP contribution < -0.4 is 5.73 Å². The van der Waals surface area contributed by atoms with Gasteiger partial charge in [0.25, 0.3) is 10.0 Å². The molecule has 0 bridgehead atoms. The van der Waals surface area contributed by atoms with E-state index in [4.69, 9.17) is 5.73 Å². The lowest BCUT2D eigenvalue weighted by atomic mass is 10.4. The van der Waals surface area contributed by atoms with E-state index in [1.54, 1.807) is 7.05 Å². The summed E-state index contributed by atoms with van der Waals surface area (Å²) in [4.78, 5) is 5.86. The standard InChI is InChI=1S/C11H23N5O2S/c1-5-16(8-6-7-14(2)3)19(17,18)11-10(12)13-9-15(11)4/h9H,5-8,12H2,1-4H3. The molecule has 0 atom stereocenters. The van der Waals surface area contributed by atoms with Crippen molar-refractivity contribution in [1.29, 1.82) is 0 Å². The number of anilines is 1. The highest BCUT2D eigenvalue weighted by molar-refractivity contribution is 7.89. The van der Waals surface area contributed by atoms with Crippen molar-refractivity contribution in [2.45, 2.75) is 18.4 Å². The maximum Gasteiger partial charge on any atom is 0.262 e.